The van der Waals surface area contributed by atoms with E-state index in [0.29, 0.717) is 5.69 Å². The van der Waals surface area contributed by atoms with Crippen LogP contribution in [0.15, 0.2) is 18.6 Å². The number of hydrogen-bond acceptors (Lipinski definition) is 4. The van der Waals surface area contributed by atoms with Crippen LogP contribution in [0.25, 0.3) is 12.2 Å². The van der Waals surface area contributed by atoms with Gasteiger partial charge in [-0.2, -0.15) is 5.10 Å². The Bertz CT molecular complexity index is 667. The van der Waals surface area contributed by atoms with Crippen molar-refractivity contribution in [3.05, 3.63) is 41.2 Å². The molecule has 2 heterocycles. The molecule has 0 unspecified atom stereocenters. The van der Waals surface area contributed by atoms with Gasteiger partial charge in [-0.25, -0.2) is 23.5 Å². The quantitative estimate of drug-likeness (QED) is 0.926. The van der Waals surface area contributed by atoms with Crippen LogP contribution in [0.1, 0.15) is 33.9 Å². The van der Waals surface area contributed by atoms with Gasteiger partial charge < -0.3 is 5.11 Å². The molecule has 104 valence electrons. The largest absolute Gasteiger partial charge is 0.477 e. The molecule has 6 nitrogen and oxygen atoms in total. The van der Waals surface area contributed by atoms with E-state index in [9.17, 15) is 13.6 Å². The van der Waals surface area contributed by atoms with Crippen molar-refractivity contribution in [2.75, 3.05) is 0 Å². The predicted octanol–water partition coefficient (Wildman–Crippen LogP) is 2.02. The molecular formula is C12H10F2N4O2. The van der Waals surface area contributed by atoms with Gasteiger partial charge in [0, 0.05) is 18.8 Å². The number of aromatic carboxylic acids is 1. The maximum absolute atomic E-state index is 12.7. The molecule has 0 saturated heterocycles. The topological polar surface area (TPSA) is 80.9 Å². The molecule has 0 bridgehead atoms. The predicted molar refractivity (Wildman–Crippen MR) is 66.1 cm³/mol. The smallest absolute Gasteiger partial charge is 0.354 e. The van der Waals surface area contributed by atoms with Crippen molar-refractivity contribution in [3.8, 4) is 0 Å². The fraction of sp³-hybridized carbons (Fsp3) is 0.167. The van der Waals surface area contributed by atoms with E-state index in [4.69, 9.17) is 5.11 Å². The molecule has 0 aromatic carbocycles. The third-order valence-electron chi connectivity index (χ3n) is 2.43. The van der Waals surface area contributed by atoms with E-state index in [-0.39, 0.29) is 17.0 Å². The molecule has 1 N–H and O–H groups in total. The second-order valence-corrected chi connectivity index (χ2v) is 3.91. The van der Waals surface area contributed by atoms with Crippen molar-refractivity contribution in [1.82, 2.24) is 19.7 Å². The fourth-order valence-corrected chi connectivity index (χ4v) is 1.58. The third kappa shape index (κ3) is 3.02. The van der Waals surface area contributed by atoms with Crippen LogP contribution in [0.3, 0.4) is 0 Å². The van der Waals surface area contributed by atoms with Crippen LogP contribution < -0.4 is 0 Å². The van der Waals surface area contributed by atoms with E-state index in [0.717, 1.165) is 6.33 Å². The Kier molecular flexibility index (Phi) is 3.83. The molecular weight excluding hydrogens is 270 g/mol. The van der Waals surface area contributed by atoms with Gasteiger partial charge in [0.2, 0.25) is 0 Å². The highest BCUT2D eigenvalue weighted by molar-refractivity contribution is 5.86. The molecule has 0 aliphatic heterocycles. The molecule has 0 saturated carbocycles. The third-order valence-corrected chi connectivity index (χ3v) is 2.43. The van der Waals surface area contributed by atoms with Gasteiger partial charge in [-0.15, -0.1) is 0 Å². The zero-order valence-electron chi connectivity index (χ0n) is 10.4. The van der Waals surface area contributed by atoms with Crippen molar-refractivity contribution >= 4 is 18.1 Å². The minimum Gasteiger partial charge on any atom is -0.477 e. The number of hydrogen-bond donors (Lipinski definition) is 1. The lowest BCUT2D eigenvalue weighted by atomic mass is 10.2. The normalized spacial score (nSPS) is 11.4. The number of alkyl halides is 2. The number of rotatable bonds is 4. The maximum Gasteiger partial charge on any atom is 0.354 e. The zero-order valence-corrected chi connectivity index (χ0v) is 10.4. The molecule has 8 heteroatoms. The Morgan fingerprint density at radius 1 is 1.40 bits per heavy atom. The van der Waals surface area contributed by atoms with E-state index in [2.05, 4.69) is 15.1 Å². The second-order valence-electron chi connectivity index (χ2n) is 3.91. The summed E-state index contributed by atoms with van der Waals surface area (Å²) >= 11 is 0. The van der Waals surface area contributed by atoms with E-state index < -0.39 is 12.4 Å². The van der Waals surface area contributed by atoms with Gasteiger partial charge in [-0.3, -0.25) is 4.68 Å². The number of nitrogens with zero attached hydrogens (tertiary/aromatic N) is 4. The average molecular weight is 280 g/mol. The maximum atomic E-state index is 12.7. The van der Waals surface area contributed by atoms with E-state index in [1.807, 2.05) is 0 Å². The van der Waals surface area contributed by atoms with Gasteiger partial charge in [0.1, 0.15) is 12.0 Å². The molecule has 20 heavy (non-hydrogen) atoms. The molecule has 0 fully saturated rings. The Morgan fingerprint density at radius 3 is 2.80 bits per heavy atom. The molecule has 0 amide bonds. The molecule has 2 aromatic rings. The van der Waals surface area contributed by atoms with Crippen molar-refractivity contribution in [2.45, 2.75) is 6.43 Å². The standard InChI is InChI=1S/C12H10F2N4O2/c1-18-5-7(10(17-18)11(13)14)2-3-8-4-9(12(19)20)16-6-15-8/h2-6,11H,1H3,(H,19,20). The first-order chi connectivity index (χ1) is 9.47. The number of carbonyl (C=O) groups is 1. The summed E-state index contributed by atoms with van der Waals surface area (Å²) in [4.78, 5) is 18.2. The van der Waals surface area contributed by atoms with Crippen LogP contribution >= 0.6 is 0 Å². The highest BCUT2D eigenvalue weighted by Gasteiger charge is 2.15. The summed E-state index contributed by atoms with van der Waals surface area (Å²) < 4.78 is 26.7. The van der Waals surface area contributed by atoms with Crippen LogP contribution in [-0.2, 0) is 7.05 Å². The Morgan fingerprint density at radius 2 is 2.15 bits per heavy atom. The molecule has 0 radical (unpaired) electrons. The van der Waals surface area contributed by atoms with Gasteiger partial charge in [0.05, 0.1) is 5.69 Å². The van der Waals surface area contributed by atoms with Crippen LogP contribution in [0, 0.1) is 0 Å². The first-order valence-electron chi connectivity index (χ1n) is 5.52. The SMILES string of the molecule is Cn1cc(C=Cc2cc(C(=O)O)ncn2)c(C(F)F)n1. The summed E-state index contributed by atoms with van der Waals surface area (Å²) in [6.07, 6.45) is 2.69. The number of carboxylic acid groups (broad SMARTS) is 1. The highest BCUT2D eigenvalue weighted by Crippen LogP contribution is 2.22. The molecule has 0 atom stereocenters. The van der Waals surface area contributed by atoms with Crippen LogP contribution in [0.2, 0.25) is 0 Å². The summed E-state index contributed by atoms with van der Waals surface area (Å²) in [6.45, 7) is 0. The van der Waals surface area contributed by atoms with Crippen molar-refractivity contribution < 1.29 is 18.7 Å². The summed E-state index contributed by atoms with van der Waals surface area (Å²) in [7, 11) is 1.54. The minimum atomic E-state index is -2.68. The fourth-order valence-electron chi connectivity index (χ4n) is 1.58. The Balaban J connectivity index is 2.30. The van der Waals surface area contributed by atoms with Crippen molar-refractivity contribution in [3.63, 3.8) is 0 Å². The van der Waals surface area contributed by atoms with Gasteiger partial charge in [0.25, 0.3) is 6.43 Å². The molecule has 0 aliphatic rings. The van der Waals surface area contributed by atoms with E-state index >= 15 is 0 Å². The lowest BCUT2D eigenvalue weighted by Crippen LogP contribution is -2.00. The van der Waals surface area contributed by atoms with Crippen molar-refractivity contribution in [2.24, 2.45) is 7.05 Å². The summed E-state index contributed by atoms with van der Waals surface area (Å²) in [5.74, 6) is -1.18. The lowest BCUT2D eigenvalue weighted by molar-refractivity contribution is 0.0690. The Hall–Kier alpha value is -2.64. The number of aromatic nitrogens is 4. The first kappa shape index (κ1) is 13.8. The van der Waals surface area contributed by atoms with Crippen LogP contribution in [0.4, 0.5) is 8.78 Å². The second kappa shape index (κ2) is 5.55. The summed E-state index contributed by atoms with van der Waals surface area (Å²) in [6, 6.07) is 1.25. The minimum absolute atomic E-state index is 0.167. The Labute approximate surface area is 112 Å². The van der Waals surface area contributed by atoms with Gasteiger partial charge in [-0.05, 0) is 18.2 Å². The van der Waals surface area contributed by atoms with Gasteiger partial charge in [-0.1, -0.05) is 0 Å². The lowest BCUT2D eigenvalue weighted by Gasteiger charge is -1.96. The average Bonchev–Trinajstić information content (AvgIpc) is 2.78. The molecule has 0 spiro atoms. The van der Waals surface area contributed by atoms with Crippen LogP contribution in [-0.4, -0.2) is 30.8 Å². The van der Waals surface area contributed by atoms with E-state index in [1.165, 1.54) is 36.1 Å². The number of carboxylic acids is 1. The van der Waals surface area contributed by atoms with Gasteiger partial charge >= 0.3 is 5.97 Å². The molecule has 0 aliphatic carbocycles. The summed E-state index contributed by atoms with van der Waals surface area (Å²) in [5, 5.41) is 12.4. The summed E-state index contributed by atoms with van der Waals surface area (Å²) in [5.41, 5.74) is 0.0515. The molecule has 2 aromatic heterocycles. The van der Waals surface area contributed by atoms with Crippen molar-refractivity contribution in [1.29, 1.82) is 0 Å². The number of aryl methyl sites for hydroxylation is 1. The van der Waals surface area contributed by atoms with E-state index in [1.54, 1.807) is 0 Å². The highest BCUT2D eigenvalue weighted by atomic mass is 19.3. The first-order valence-corrected chi connectivity index (χ1v) is 5.52. The molecule has 2 rings (SSSR count). The monoisotopic (exact) mass is 280 g/mol. The van der Waals surface area contributed by atoms with Gasteiger partial charge in [0.15, 0.2) is 5.69 Å². The zero-order chi connectivity index (χ0) is 14.7. The van der Waals surface area contributed by atoms with Crippen LogP contribution in [0.5, 0.6) is 0 Å². The number of halogens is 2.